The largest absolute Gasteiger partial charge is 0.490 e. The molecule has 0 amide bonds. The van der Waals surface area contributed by atoms with Gasteiger partial charge in [-0.1, -0.05) is 0 Å². The Morgan fingerprint density at radius 3 is 2.81 bits per heavy atom. The Hall–Kier alpha value is -1.11. The normalized spacial score (nSPS) is 12.2. The number of rotatable bonds is 6. The van der Waals surface area contributed by atoms with Crippen LogP contribution in [0.4, 0.5) is 0 Å². The molecule has 0 saturated heterocycles. The molecular formula is C10H16BNO4. The standard InChI is InChI=1S/C10H16BNO4/c1-8(3-4-15-2)16-10-5-9(11(13)14)6-12-7-10/h5-8,13-14H,3-4H2,1-2H3. The average Bonchev–Trinajstić information content (AvgIpc) is 2.26. The average molecular weight is 225 g/mol. The zero-order valence-corrected chi connectivity index (χ0v) is 9.46. The summed E-state index contributed by atoms with van der Waals surface area (Å²) in [5.41, 5.74) is 0.316. The Labute approximate surface area is 95.2 Å². The second kappa shape index (κ2) is 6.47. The van der Waals surface area contributed by atoms with Gasteiger partial charge in [0.1, 0.15) is 5.75 Å². The number of hydrogen-bond donors (Lipinski definition) is 2. The molecule has 1 unspecified atom stereocenters. The van der Waals surface area contributed by atoms with E-state index in [-0.39, 0.29) is 6.10 Å². The van der Waals surface area contributed by atoms with Crippen LogP contribution < -0.4 is 10.2 Å². The minimum absolute atomic E-state index is 0.00663. The number of aromatic nitrogens is 1. The van der Waals surface area contributed by atoms with E-state index < -0.39 is 7.12 Å². The maximum Gasteiger partial charge on any atom is 0.490 e. The van der Waals surface area contributed by atoms with E-state index in [4.69, 9.17) is 19.5 Å². The van der Waals surface area contributed by atoms with Crippen molar-refractivity contribution in [1.82, 2.24) is 4.98 Å². The van der Waals surface area contributed by atoms with Crippen LogP contribution in [0.3, 0.4) is 0 Å². The molecule has 88 valence electrons. The number of methoxy groups -OCH3 is 1. The molecule has 1 heterocycles. The summed E-state index contributed by atoms with van der Waals surface area (Å²) in [6.45, 7) is 2.54. The maximum atomic E-state index is 8.96. The van der Waals surface area contributed by atoms with Crippen LogP contribution in [0.15, 0.2) is 18.5 Å². The van der Waals surface area contributed by atoms with Crippen LogP contribution in [0.2, 0.25) is 0 Å². The molecule has 1 atom stereocenters. The first kappa shape index (κ1) is 13.0. The lowest BCUT2D eigenvalue weighted by Gasteiger charge is -2.14. The van der Waals surface area contributed by atoms with Gasteiger partial charge in [-0.2, -0.15) is 0 Å². The minimum Gasteiger partial charge on any atom is -0.489 e. The van der Waals surface area contributed by atoms with E-state index in [1.807, 2.05) is 6.92 Å². The lowest BCUT2D eigenvalue weighted by molar-refractivity contribution is 0.135. The Balaban J connectivity index is 2.56. The van der Waals surface area contributed by atoms with Gasteiger partial charge in [0.05, 0.1) is 12.3 Å². The van der Waals surface area contributed by atoms with Gasteiger partial charge in [-0.05, 0) is 13.0 Å². The van der Waals surface area contributed by atoms with E-state index >= 15 is 0 Å². The van der Waals surface area contributed by atoms with E-state index in [1.54, 1.807) is 13.2 Å². The summed E-state index contributed by atoms with van der Waals surface area (Å²) in [4.78, 5) is 3.86. The first-order chi connectivity index (χ1) is 7.63. The molecule has 0 aliphatic carbocycles. The minimum atomic E-state index is -1.52. The zero-order valence-electron chi connectivity index (χ0n) is 9.46. The van der Waals surface area contributed by atoms with E-state index in [2.05, 4.69) is 4.98 Å². The monoisotopic (exact) mass is 225 g/mol. The van der Waals surface area contributed by atoms with Crippen molar-refractivity contribution >= 4 is 12.6 Å². The van der Waals surface area contributed by atoms with Crippen molar-refractivity contribution in [3.05, 3.63) is 18.5 Å². The molecular weight excluding hydrogens is 209 g/mol. The van der Waals surface area contributed by atoms with Crippen molar-refractivity contribution in [2.24, 2.45) is 0 Å². The van der Waals surface area contributed by atoms with Gasteiger partial charge >= 0.3 is 7.12 Å². The maximum absolute atomic E-state index is 8.96. The highest BCUT2D eigenvalue weighted by Gasteiger charge is 2.13. The first-order valence-electron chi connectivity index (χ1n) is 5.10. The van der Waals surface area contributed by atoms with Gasteiger partial charge in [0.15, 0.2) is 0 Å². The zero-order chi connectivity index (χ0) is 12.0. The number of hydrogen-bond acceptors (Lipinski definition) is 5. The molecule has 1 aromatic rings. The van der Waals surface area contributed by atoms with E-state index in [0.717, 1.165) is 6.42 Å². The quantitative estimate of drug-likeness (QED) is 0.642. The van der Waals surface area contributed by atoms with Crippen molar-refractivity contribution < 1.29 is 19.5 Å². The van der Waals surface area contributed by atoms with Gasteiger partial charge in [0.25, 0.3) is 0 Å². The molecule has 2 N–H and O–H groups in total. The van der Waals surface area contributed by atoms with Crippen LogP contribution >= 0.6 is 0 Å². The third kappa shape index (κ3) is 4.18. The topological polar surface area (TPSA) is 71.8 Å². The van der Waals surface area contributed by atoms with Gasteiger partial charge < -0.3 is 19.5 Å². The van der Waals surface area contributed by atoms with Crippen LogP contribution in [0.5, 0.6) is 5.75 Å². The Morgan fingerprint density at radius 1 is 1.44 bits per heavy atom. The summed E-state index contributed by atoms with van der Waals surface area (Å²) in [6.07, 6.45) is 3.68. The van der Waals surface area contributed by atoms with Crippen LogP contribution in [0.1, 0.15) is 13.3 Å². The summed E-state index contributed by atoms with van der Waals surface area (Å²) in [6, 6.07) is 1.56. The number of nitrogens with zero attached hydrogens (tertiary/aromatic N) is 1. The van der Waals surface area contributed by atoms with Crippen molar-refractivity contribution in [2.45, 2.75) is 19.4 Å². The fraction of sp³-hybridized carbons (Fsp3) is 0.500. The highest BCUT2D eigenvalue weighted by atomic mass is 16.5. The van der Waals surface area contributed by atoms with Crippen LogP contribution in [-0.4, -0.2) is 42.0 Å². The fourth-order valence-electron chi connectivity index (χ4n) is 1.22. The van der Waals surface area contributed by atoms with E-state index in [1.165, 1.54) is 12.4 Å². The summed E-state index contributed by atoms with van der Waals surface area (Å²) in [5, 5.41) is 17.9. The van der Waals surface area contributed by atoms with Gasteiger partial charge in [-0.15, -0.1) is 0 Å². The molecule has 16 heavy (non-hydrogen) atoms. The Kier molecular flexibility index (Phi) is 5.24. The van der Waals surface area contributed by atoms with Crippen molar-refractivity contribution in [2.75, 3.05) is 13.7 Å². The summed E-state index contributed by atoms with van der Waals surface area (Å²) < 4.78 is 10.5. The van der Waals surface area contributed by atoms with Crippen LogP contribution in [-0.2, 0) is 4.74 Å². The molecule has 0 aliphatic heterocycles. The lowest BCUT2D eigenvalue weighted by Crippen LogP contribution is -2.30. The highest BCUT2D eigenvalue weighted by Crippen LogP contribution is 2.10. The van der Waals surface area contributed by atoms with Gasteiger partial charge in [0, 0.05) is 31.8 Å². The number of ether oxygens (including phenoxy) is 2. The fourth-order valence-corrected chi connectivity index (χ4v) is 1.22. The second-order valence-corrected chi connectivity index (χ2v) is 3.54. The molecule has 0 aliphatic rings. The summed E-state index contributed by atoms with van der Waals surface area (Å²) in [7, 11) is 0.113. The molecule has 0 radical (unpaired) electrons. The SMILES string of the molecule is COCCC(C)Oc1cncc(B(O)O)c1. The Bertz CT molecular complexity index is 321. The first-order valence-corrected chi connectivity index (χ1v) is 5.10. The molecule has 0 saturated carbocycles. The van der Waals surface area contributed by atoms with E-state index in [0.29, 0.717) is 17.8 Å². The molecule has 0 fully saturated rings. The third-order valence-electron chi connectivity index (χ3n) is 2.10. The van der Waals surface area contributed by atoms with Crippen molar-refractivity contribution in [3.8, 4) is 5.75 Å². The molecule has 0 aromatic carbocycles. The van der Waals surface area contributed by atoms with Gasteiger partial charge in [-0.3, -0.25) is 4.98 Å². The molecule has 1 aromatic heterocycles. The summed E-state index contributed by atoms with van der Waals surface area (Å²) in [5.74, 6) is 0.522. The van der Waals surface area contributed by atoms with Crippen molar-refractivity contribution in [1.29, 1.82) is 0 Å². The predicted molar refractivity (Wildman–Crippen MR) is 60.6 cm³/mol. The number of pyridine rings is 1. The molecule has 6 heteroatoms. The highest BCUT2D eigenvalue weighted by molar-refractivity contribution is 6.58. The smallest absolute Gasteiger partial charge is 0.489 e. The second-order valence-electron chi connectivity index (χ2n) is 3.54. The predicted octanol–water partition coefficient (Wildman–Crippen LogP) is -0.435. The lowest BCUT2D eigenvalue weighted by atomic mass is 9.82. The van der Waals surface area contributed by atoms with Gasteiger partial charge in [0.2, 0.25) is 0 Å². The molecule has 0 spiro atoms. The van der Waals surface area contributed by atoms with Crippen LogP contribution in [0.25, 0.3) is 0 Å². The van der Waals surface area contributed by atoms with Crippen molar-refractivity contribution in [3.63, 3.8) is 0 Å². The third-order valence-corrected chi connectivity index (χ3v) is 2.10. The van der Waals surface area contributed by atoms with E-state index in [9.17, 15) is 0 Å². The van der Waals surface area contributed by atoms with Crippen LogP contribution in [0, 0.1) is 0 Å². The summed E-state index contributed by atoms with van der Waals surface area (Å²) >= 11 is 0. The molecule has 0 bridgehead atoms. The molecule has 1 rings (SSSR count). The molecule has 5 nitrogen and oxygen atoms in total. The van der Waals surface area contributed by atoms with Gasteiger partial charge in [-0.25, -0.2) is 0 Å². The Morgan fingerprint density at radius 2 is 2.19 bits per heavy atom.